The second-order valence-electron chi connectivity index (χ2n) is 3.74. The van der Waals surface area contributed by atoms with Gasteiger partial charge in [0.2, 0.25) is 5.91 Å². The molecule has 0 aromatic heterocycles. The SMILES string of the molecule is CNCC(=O)N(C)C1CCN(C)C1. The van der Waals surface area contributed by atoms with E-state index in [-0.39, 0.29) is 5.91 Å². The molecule has 1 aliphatic rings. The van der Waals surface area contributed by atoms with E-state index in [0.29, 0.717) is 12.6 Å². The van der Waals surface area contributed by atoms with E-state index in [1.54, 1.807) is 7.05 Å². The molecule has 1 amide bonds. The van der Waals surface area contributed by atoms with Crippen LogP contribution in [0.15, 0.2) is 0 Å². The van der Waals surface area contributed by atoms with Crippen LogP contribution < -0.4 is 5.32 Å². The summed E-state index contributed by atoms with van der Waals surface area (Å²) in [6.07, 6.45) is 1.10. The first-order chi connectivity index (χ1) is 6.15. The van der Waals surface area contributed by atoms with Crippen molar-refractivity contribution < 1.29 is 4.79 Å². The highest BCUT2D eigenvalue weighted by atomic mass is 16.2. The second-order valence-corrected chi connectivity index (χ2v) is 3.74. The van der Waals surface area contributed by atoms with Crippen molar-refractivity contribution in [3.63, 3.8) is 0 Å². The van der Waals surface area contributed by atoms with Crippen LogP contribution in [0.3, 0.4) is 0 Å². The topological polar surface area (TPSA) is 35.6 Å². The first-order valence-electron chi connectivity index (χ1n) is 4.74. The quantitative estimate of drug-likeness (QED) is 0.636. The van der Waals surface area contributed by atoms with E-state index in [1.165, 1.54) is 0 Å². The van der Waals surface area contributed by atoms with Gasteiger partial charge in [-0.1, -0.05) is 0 Å². The lowest BCUT2D eigenvalue weighted by molar-refractivity contribution is -0.130. The molecule has 4 heteroatoms. The van der Waals surface area contributed by atoms with E-state index in [2.05, 4.69) is 17.3 Å². The van der Waals surface area contributed by atoms with Crippen LogP contribution in [-0.4, -0.2) is 62.5 Å². The number of amides is 1. The zero-order chi connectivity index (χ0) is 9.84. The third kappa shape index (κ3) is 2.67. The number of hydrogen-bond donors (Lipinski definition) is 1. The van der Waals surface area contributed by atoms with Crippen LogP contribution in [0.4, 0.5) is 0 Å². The molecule has 0 aliphatic carbocycles. The van der Waals surface area contributed by atoms with Crippen LogP contribution in [0, 0.1) is 0 Å². The minimum Gasteiger partial charge on any atom is -0.340 e. The summed E-state index contributed by atoms with van der Waals surface area (Å²) in [7, 11) is 5.78. The maximum absolute atomic E-state index is 11.5. The van der Waals surface area contributed by atoms with Crippen molar-refractivity contribution in [1.82, 2.24) is 15.1 Å². The summed E-state index contributed by atoms with van der Waals surface area (Å²) < 4.78 is 0. The molecule has 1 heterocycles. The zero-order valence-corrected chi connectivity index (χ0v) is 8.71. The Morgan fingerprint density at radius 3 is 2.85 bits per heavy atom. The molecule has 0 aromatic rings. The number of likely N-dealkylation sites (tertiary alicyclic amines) is 1. The molecule has 1 aliphatic heterocycles. The second kappa shape index (κ2) is 4.58. The highest BCUT2D eigenvalue weighted by molar-refractivity contribution is 5.78. The summed E-state index contributed by atoms with van der Waals surface area (Å²) in [5.74, 6) is 0.183. The molecule has 0 saturated carbocycles. The van der Waals surface area contributed by atoms with Crippen LogP contribution in [0.1, 0.15) is 6.42 Å². The molecular formula is C9H19N3O. The van der Waals surface area contributed by atoms with Crippen molar-refractivity contribution >= 4 is 5.91 Å². The predicted octanol–water partition coefficient (Wildman–Crippen LogP) is -0.632. The molecule has 1 fully saturated rings. The Balaban J connectivity index is 2.38. The van der Waals surface area contributed by atoms with E-state index < -0.39 is 0 Å². The average molecular weight is 185 g/mol. The van der Waals surface area contributed by atoms with Crippen LogP contribution in [-0.2, 0) is 4.79 Å². The molecule has 0 spiro atoms. The van der Waals surface area contributed by atoms with Crippen molar-refractivity contribution in [3.05, 3.63) is 0 Å². The van der Waals surface area contributed by atoms with Crippen LogP contribution in [0.5, 0.6) is 0 Å². The van der Waals surface area contributed by atoms with Gasteiger partial charge in [0.15, 0.2) is 0 Å². The van der Waals surface area contributed by atoms with Crippen molar-refractivity contribution in [1.29, 1.82) is 0 Å². The molecule has 1 saturated heterocycles. The summed E-state index contributed by atoms with van der Waals surface area (Å²) in [6, 6.07) is 0.408. The molecule has 76 valence electrons. The maximum Gasteiger partial charge on any atom is 0.236 e. The largest absolute Gasteiger partial charge is 0.340 e. The Kier molecular flexibility index (Phi) is 3.69. The van der Waals surface area contributed by atoms with Gasteiger partial charge in [0.25, 0.3) is 0 Å². The first-order valence-corrected chi connectivity index (χ1v) is 4.74. The lowest BCUT2D eigenvalue weighted by atomic mass is 10.2. The fraction of sp³-hybridized carbons (Fsp3) is 0.889. The van der Waals surface area contributed by atoms with Crippen LogP contribution >= 0.6 is 0 Å². The summed E-state index contributed by atoms with van der Waals surface area (Å²) in [4.78, 5) is 15.6. The molecule has 0 bridgehead atoms. The van der Waals surface area contributed by atoms with Gasteiger partial charge in [-0.25, -0.2) is 0 Å². The summed E-state index contributed by atoms with van der Waals surface area (Å²) in [5, 5.41) is 2.88. The van der Waals surface area contributed by atoms with E-state index >= 15 is 0 Å². The average Bonchev–Trinajstić information content (AvgIpc) is 2.51. The van der Waals surface area contributed by atoms with E-state index in [9.17, 15) is 4.79 Å². The van der Waals surface area contributed by atoms with Crippen molar-refractivity contribution in [2.24, 2.45) is 0 Å². The Bertz CT molecular complexity index is 184. The van der Waals surface area contributed by atoms with Gasteiger partial charge in [-0.05, 0) is 27.1 Å². The van der Waals surface area contributed by atoms with Gasteiger partial charge >= 0.3 is 0 Å². The minimum absolute atomic E-state index is 0.183. The number of carbonyl (C=O) groups is 1. The van der Waals surface area contributed by atoms with E-state index in [1.807, 2.05) is 11.9 Å². The van der Waals surface area contributed by atoms with Gasteiger partial charge in [-0.3, -0.25) is 4.79 Å². The van der Waals surface area contributed by atoms with Gasteiger partial charge in [0.1, 0.15) is 0 Å². The fourth-order valence-electron chi connectivity index (χ4n) is 1.71. The fourth-order valence-corrected chi connectivity index (χ4v) is 1.71. The Labute approximate surface area is 79.9 Å². The van der Waals surface area contributed by atoms with E-state index in [4.69, 9.17) is 0 Å². The van der Waals surface area contributed by atoms with Gasteiger partial charge in [0.05, 0.1) is 6.54 Å². The Hall–Kier alpha value is -0.610. The molecule has 1 rings (SSSR count). The van der Waals surface area contributed by atoms with Gasteiger partial charge < -0.3 is 15.1 Å². The third-order valence-electron chi connectivity index (χ3n) is 2.64. The number of hydrogen-bond acceptors (Lipinski definition) is 3. The summed E-state index contributed by atoms with van der Waals surface area (Å²) >= 11 is 0. The van der Waals surface area contributed by atoms with Crippen LogP contribution in [0.25, 0.3) is 0 Å². The van der Waals surface area contributed by atoms with Gasteiger partial charge in [-0.15, -0.1) is 0 Å². The lowest BCUT2D eigenvalue weighted by Gasteiger charge is -2.24. The monoisotopic (exact) mass is 185 g/mol. The van der Waals surface area contributed by atoms with Crippen molar-refractivity contribution in [2.75, 3.05) is 40.8 Å². The van der Waals surface area contributed by atoms with Gasteiger partial charge in [0, 0.05) is 19.6 Å². The number of nitrogens with one attached hydrogen (secondary N) is 1. The number of likely N-dealkylation sites (N-methyl/N-ethyl adjacent to an activating group) is 3. The molecule has 0 radical (unpaired) electrons. The minimum atomic E-state index is 0.183. The number of carbonyl (C=O) groups excluding carboxylic acids is 1. The summed E-state index contributed by atoms with van der Waals surface area (Å²) in [6.45, 7) is 2.55. The normalized spacial score (nSPS) is 23.5. The smallest absolute Gasteiger partial charge is 0.236 e. The number of rotatable bonds is 3. The Morgan fingerprint density at radius 2 is 2.38 bits per heavy atom. The molecule has 0 aromatic carbocycles. The highest BCUT2D eigenvalue weighted by Gasteiger charge is 2.25. The molecular weight excluding hydrogens is 166 g/mol. The predicted molar refractivity (Wildman–Crippen MR) is 52.6 cm³/mol. The highest BCUT2D eigenvalue weighted by Crippen LogP contribution is 2.11. The lowest BCUT2D eigenvalue weighted by Crippen LogP contribution is -2.42. The maximum atomic E-state index is 11.5. The van der Waals surface area contributed by atoms with Crippen LogP contribution in [0.2, 0.25) is 0 Å². The standard InChI is InChI=1S/C9H19N3O/c1-10-6-9(13)12(3)8-4-5-11(2)7-8/h8,10H,4-7H2,1-3H3. The van der Waals surface area contributed by atoms with Crippen molar-refractivity contribution in [3.8, 4) is 0 Å². The van der Waals surface area contributed by atoms with Crippen molar-refractivity contribution in [2.45, 2.75) is 12.5 Å². The summed E-state index contributed by atoms with van der Waals surface area (Å²) in [5.41, 5.74) is 0. The number of nitrogens with zero attached hydrogens (tertiary/aromatic N) is 2. The van der Waals surface area contributed by atoms with E-state index in [0.717, 1.165) is 19.5 Å². The molecule has 1 unspecified atom stereocenters. The first kappa shape index (κ1) is 10.5. The zero-order valence-electron chi connectivity index (χ0n) is 8.71. The molecule has 1 N–H and O–H groups in total. The van der Waals surface area contributed by atoms with Gasteiger partial charge in [-0.2, -0.15) is 0 Å². The molecule has 13 heavy (non-hydrogen) atoms. The molecule has 4 nitrogen and oxygen atoms in total. The Morgan fingerprint density at radius 1 is 1.69 bits per heavy atom. The third-order valence-corrected chi connectivity index (χ3v) is 2.64. The molecule has 1 atom stereocenters.